The molecule has 2 heterocycles. The normalized spacial score (nSPS) is 16.7. The van der Waals surface area contributed by atoms with E-state index < -0.39 is 0 Å². The molecule has 6 nitrogen and oxygen atoms in total. The van der Waals surface area contributed by atoms with E-state index >= 15 is 0 Å². The van der Waals surface area contributed by atoms with E-state index in [1.165, 1.54) is 4.90 Å². The fourth-order valence-corrected chi connectivity index (χ4v) is 1.47. The average Bonchev–Trinajstić information content (AvgIpc) is 2.58. The molecule has 0 saturated carbocycles. The molecule has 1 N–H and O–H groups in total. The van der Waals surface area contributed by atoms with Gasteiger partial charge in [0.25, 0.3) is 0 Å². The largest absolute Gasteiger partial charge is 0.345 e. The lowest BCUT2D eigenvalue weighted by atomic mass is 10.3. The van der Waals surface area contributed by atoms with E-state index in [0.29, 0.717) is 6.54 Å². The molecule has 80 valence electrons. The van der Waals surface area contributed by atoms with Gasteiger partial charge in [0.05, 0.1) is 13.1 Å². The maximum atomic E-state index is 11.5. The number of hydrogen-bond acceptors (Lipinski definition) is 3. The van der Waals surface area contributed by atoms with Crippen molar-refractivity contribution in [1.82, 2.24) is 19.8 Å². The highest BCUT2D eigenvalue weighted by Crippen LogP contribution is 2.03. The van der Waals surface area contributed by atoms with Gasteiger partial charge in [-0.1, -0.05) is 0 Å². The Labute approximate surface area is 86.9 Å². The lowest BCUT2D eigenvalue weighted by molar-refractivity contribution is -0.141. The van der Waals surface area contributed by atoms with Crippen LogP contribution in [0.15, 0.2) is 12.4 Å². The number of hydrogen-bond donors (Lipinski definition) is 1. The minimum atomic E-state index is -0.121. The summed E-state index contributed by atoms with van der Waals surface area (Å²) in [7, 11) is 1.86. The van der Waals surface area contributed by atoms with Crippen molar-refractivity contribution in [2.24, 2.45) is 7.05 Å². The van der Waals surface area contributed by atoms with Gasteiger partial charge >= 0.3 is 0 Å². The summed E-state index contributed by atoms with van der Waals surface area (Å²) in [5.41, 5.74) is 0. The number of nitrogens with one attached hydrogen (secondary N) is 1. The number of aryl methyl sites for hydroxylation is 1. The number of aromatic nitrogens is 2. The van der Waals surface area contributed by atoms with Crippen molar-refractivity contribution in [2.75, 3.05) is 13.1 Å². The van der Waals surface area contributed by atoms with Crippen LogP contribution in [-0.4, -0.2) is 39.4 Å². The standard InChI is InChI=1S/C9H12N4O2/c1-12-3-2-10-7(12)5-13-6-8(14)11-4-9(13)15/h2-3H,4-6H2,1H3,(H,11,14). The van der Waals surface area contributed by atoms with E-state index in [1.807, 2.05) is 17.8 Å². The molecule has 0 atom stereocenters. The Balaban J connectivity index is 2.07. The Bertz CT molecular complexity index is 399. The fraction of sp³-hybridized carbons (Fsp3) is 0.444. The molecule has 1 aliphatic rings. The second kappa shape index (κ2) is 3.72. The second-order valence-corrected chi connectivity index (χ2v) is 3.48. The van der Waals surface area contributed by atoms with Crippen LogP contribution in [0.4, 0.5) is 0 Å². The summed E-state index contributed by atoms with van der Waals surface area (Å²) in [4.78, 5) is 28.2. The molecule has 1 aromatic rings. The minimum Gasteiger partial charge on any atom is -0.345 e. The van der Waals surface area contributed by atoms with Gasteiger partial charge < -0.3 is 14.8 Å². The van der Waals surface area contributed by atoms with Crippen molar-refractivity contribution in [2.45, 2.75) is 6.54 Å². The van der Waals surface area contributed by atoms with E-state index in [0.717, 1.165) is 5.82 Å². The van der Waals surface area contributed by atoms with E-state index in [2.05, 4.69) is 10.3 Å². The molecule has 0 radical (unpaired) electrons. The Morgan fingerprint density at radius 1 is 1.53 bits per heavy atom. The molecule has 1 aromatic heterocycles. The topological polar surface area (TPSA) is 67.2 Å². The van der Waals surface area contributed by atoms with Crippen LogP contribution in [0.1, 0.15) is 5.82 Å². The van der Waals surface area contributed by atoms with Gasteiger partial charge in [-0.3, -0.25) is 9.59 Å². The maximum Gasteiger partial charge on any atom is 0.242 e. The first-order valence-corrected chi connectivity index (χ1v) is 4.67. The summed E-state index contributed by atoms with van der Waals surface area (Å²) in [5.74, 6) is 0.583. The quantitative estimate of drug-likeness (QED) is 0.669. The van der Waals surface area contributed by atoms with E-state index in [1.54, 1.807) is 6.20 Å². The van der Waals surface area contributed by atoms with Crippen LogP contribution < -0.4 is 5.32 Å². The maximum absolute atomic E-state index is 11.5. The van der Waals surface area contributed by atoms with Crippen LogP contribution in [-0.2, 0) is 23.2 Å². The number of carbonyl (C=O) groups excluding carboxylic acids is 2. The molecule has 0 bridgehead atoms. The van der Waals surface area contributed by atoms with Gasteiger partial charge in [-0.2, -0.15) is 0 Å². The van der Waals surface area contributed by atoms with Crippen molar-refractivity contribution in [1.29, 1.82) is 0 Å². The molecule has 2 rings (SSSR count). The van der Waals surface area contributed by atoms with Crippen molar-refractivity contribution in [3.05, 3.63) is 18.2 Å². The molecule has 0 spiro atoms. The average molecular weight is 208 g/mol. The summed E-state index contributed by atoms with van der Waals surface area (Å²) >= 11 is 0. The zero-order chi connectivity index (χ0) is 10.8. The number of imidazole rings is 1. The lowest BCUT2D eigenvalue weighted by Crippen LogP contribution is -2.51. The van der Waals surface area contributed by atoms with E-state index in [4.69, 9.17) is 0 Å². The first-order chi connectivity index (χ1) is 7.16. The van der Waals surface area contributed by atoms with Crippen molar-refractivity contribution in [3.63, 3.8) is 0 Å². The summed E-state index contributed by atoms with van der Waals surface area (Å²) in [5, 5.41) is 2.50. The van der Waals surface area contributed by atoms with Crippen LogP contribution in [0.3, 0.4) is 0 Å². The van der Waals surface area contributed by atoms with Crippen LogP contribution in [0.5, 0.6) is 0 Å². The van der Waals surface area contributed by atoms with Crippen molar-refractivity contribution < 1.29 is 9.59 Å². The molecule has 0 aromatic carbocycles. The number of piperazine rings is 1. The van der Waals surface area contributed by atoms with Gasteiger partial charge in [-0.05, 0) is 0 Å². The van der Waals surface area contributed by atoms with Crippen LogP contribution in [0.2, 0.25) is 0 Å². The zero-order valence-corrected chi connectivity index (χ0v) is 8.43. The predicted octanol–water partition coefficient (Wildman–Crippen LogP) is -1.12. The third-order valence-corrected chi connectivity index (χ3v) is 2.38. The van der Waals surface area contributed by atoms with Gasteiger partial charge in [0.2, 0.25) is 11.8 Å². The van der Waals surface area contributed by atoms with Gasteiger partial charge in [0.1, 0.15) is 12.4 Å². The molecule has 1 fully saturated rings. The molecule has 0 unspecified atom stereocenters. The molecule has 1 saturated heterocycles. The summed E-state index contributed by atoms with van der Waals surface area (Å²) in [6.07, 6.45) is 3.48. The number of carbonyl (C=O) groups is 2. The highest BCUT2D eigenvalue weighted by molar-refractivity contribution is 5.92. The van der Waals surface area contributed by atoms with Crippen molar-refractivity contribution >= 4 is 11.8 Å². The predicted molar refractivity (Wildman–Crippen MR) is 51.6 cm³/mol. The number of rotatable bonds is 2. The van der Waals surface area contributed by atoms with E-state index in [-0.39, 0.29) is 24.9 Å². The van der Waals surface area contributed by atoms with Gasteiger partial charge in [-0.15, -0.1) is 0 Å². The van der Waals surface area contributed by atoms with Gasteiger partial charge in [0.15, 0.2) is 0 Å². The first-order valence-electron chi connectivity index (χ1n) is 4.67. The highest BCUT2D eigenvalue weighted by Gasteiger charge is 2.23. The highest BCUT2D eigenvalue weighted by atomic mass is 16.2. The summed E-state index contributed by atoms with van der Waals surface area (Å²) in [6, 6.07) is 0. The Hall–Kier alpha value is -1.85. The molecule has 15 heavy (non-hydrogen) atoms. The summed E-state index contributed by atoms with van der Waals surface area (Å²) < 4.78 is 1.83. The van der Waals surface area contributed by atoms with E-state index in [9.17, 15) is 9.59 Å². The van der Waals surface area contributed by atoms with Crippen molar-refractivity contribution in [3.8, 4) is 0 Å². The third-order valence-electron chi connectivity index (χ3n) is 2.38. The summed E-state index contributed by atoms with van der Waals surface area (Å²) in [6.45, 7) is 0.588. The monoisotopic (exact) mass is 208 g/mol. The second-order valence-electron chi connectivity index (χ2n) is 3.48. The SMILES string of the molecule is Cn1ccnc1CN1CC(=O)NCC1=O. The molecular formula is C9H12N4O2. The lowest BCUT2D eigenvalue weighted by Gasteiger charge is -2.26. The number of amides is 2. The minimum absolute atomic E-state index is 0.0717. The van der Waals surface area contributed by atoms with Gasteiger partial charge in [0, 0.05) is 19.4 Å². The number of nitrogens with zero attached hydrogens (tertiary/aromatic N) is 3. The van der Waals surface area contributed by atoms with Crippen LogP contribution in [0.25, 0.3) is 0 Å². The van der Waals surface area contributed by atoms with Crippen LogP contribution >= 0.6 is 0 Å². The zero-order valence-electron chi connectivity index (χ0n) is 8.43. The smallest absolute Gasteiger partial charge is 0.242 e. The Morgan fingerprint density at radius 3 is 3.00 bits per heavy atom. The molecule has 1 aliphatic heterocycles. The molecular weight excluding hydrogens is 196 g/mol. The molecule has 2 amide bonds. The fourth-order valence-electron chi connectivity index (χ4n) is 1.47. The third kappa shape index (κ3) is 1.98. The Kier molecular flexibility index (Phi) is 2.40. The van der Waals surface area contributed by atoms with Crippen LogP contribution in [0, 0.1) is 0 Å². The first kappa shape index (κ1) is 9.70. The Morgan fingerprint density at radius 2 is 2.33 bits per heavy atom. The molecule has 6 heteroatoms. The molecule has 0 aliphatic carbocycles. The van der Waals surface area contributed by atoms with Gasteiger partial charge in [-0.25, -0.2) is 4.98 Å².